The molecule has 12 heteroatoms. The van der Waals surface area contributed by atoms with E-state index >= 15 is 0 Å². The van der Waals surface area contributed by atoms with E-state index < -0.39 is 0 Å². The van der Waals surface area contributed by atoms with Gasteiger partial charge in [0.1, 0.15) is 47.1 Å². The van der Waals surface area contributed by atoms with Crippen molar-refractivity contribution in [1.82, 2.24) is 14.7 Å². The number of benzene rings is 4. The van der Waals surface area contributed by atoms with E-state index in [9.17, 15) is 14.4 Å². The van der Waals surface area contributed by atoms with Crippen molar-refractivity contribution in [2.24, 2.45) is 0 Å². The fourth-order valence-corrected chi connectivity index (χ4v) is 8.20. The molecule has 4 aromatic carbocycles. The molecule has 3 heterocycles. The normalized spacial score (nSPS) is 16.7. The lowest BCUT2D eigenvalue weighted by Gasteiger charge is -2.32. The van der Waals surface area contributed by atoms with Gasteiger partial charge in [-0.2, -0.15) is 0 Å². The van der Waals surface area contributed by atoms with Crippen molar-refractivity contribution < 1.29 is 38.1 Å². The molecule has 0 bridgehead atoms. The molecule has 0 radical (unpaired) electrons. The molecule has 11 nitrogen and oxygen atoms in total. The Morgan fingerprint density at radius 3 is 1.68 bits per heavy atom. The molecule has 0 atom stereocenters. The van der Waals surface area contributed by atoms with Crippen LogP contribution in [0, 0.1) is 0 Å². The number of amides is 3. The molecule has 3 fully saturated rings. The molecule has 62 heavy (non-hydrogen) atoms. The van der Waals surface area contributed by atoms with Gasteiger partial charge < -0.3 is 38.4 Å². The minimum atomic E-state index is -0.0878. The highest BCUT2D eigenvalue weighted by Gasteiger charge is 2.26. The second-order valence-corrected chi connectivity index (χ2v) is 16.1. The third kappa shape index (κ3) is 11.6. The molecule has 3 amide bonds. The van der Waals surface area contributed by atoms with Crippen molar-refractivity contribution in [3.05, 3.63) is 126 Å². The van der Waals surface area contributed by atoms with E-state index in [0.717, 1.165) is 59.4 Å². The van der Waals surface area contributed by atoms with Crippen LogP contribution >= 0.6 is 11.6 Å². The van der Waals surface area contributed by atoms with E-state index in [2.05, 4.69) is 18.7 Å². The van der Waals surface area contributed by atoms with E-state index in [-0.39, 0.29) is 36.0 Å². The Kier molecular flexibility index (Phi) is 14.9. The summed E-state index contributed by atoms with van der Waals surface area (Å²) in [7, 11) is 3.25. The number of halogens is 1. The van der Waals surface area contributed by atoms with E-state index in [1.165, 1.54) is 6.08 Å². The van der Waals surface area contributed by atoms with Crippen molar-refractivity contribution in [3.63, 3.8) is 0 Å². The molecule has 4 aromatic rings. The SMILES string of the molecule is C=CC(=O)N1CCC(Oc2ccc(/C=C/C(=O)N3CCC(Oc4ccc(/C=C/C(=O)N5CCC(Oc6cccc(-c7ccc(OC)cc7)c6)CC5)cc4Cl)CC3)c(OC)c2)CC1. The van der Waals surface area contributed by atoms with Crippen LogP contribution in [0.1, 0.15) is 49.7 Å². The van der Waals surface area contributed by atoms with Crippen molar-refractivity contribution in [1.29, 1.82) is 0 Å². The fourth-order valence-electron chi connectivity index (χ4n) is 7.97. The lowest BCUT2D eigenvalue weighted by molar-refractivity contribution is -0.128. The molecule has 0 spiro atoms. The maximum absolute atomic E-state index is 13.1. The van der Waals surface area contributed by atoms with Gasteiger partial charge in [0.05, 0.1) is 19.2 Å². The number of rotatable bonds is 14. The molecular weight excluding hydrogens is 806 g/mol. The van der Waals surface area contributed by atoms with Gasteiger partial charge in [-0.15, -0.1) is 0 Å². The number of carbonyl (C=O) groups is 3. The van der Waals surface area contributed by atoms with Crippen molar-refractivity contribution in [2.45, 2.75) is 56.8 Å². The van der Waals surface area contributed by atoms with Crippen LogP contribution < -0.4 is 23.7 Å². The summed E-state index contributed by atoms with van der Waals surface area (Å²) in [4.78, 5) is 43.6. The molecule has 0 aliphatic carbocycles. The Morgan fingerprint density at radius 1 is 0.565 bits per heavy atom. The van der Waals surface area contributed by atoms with Gasteiger partial charge in [-0.25, -0.2) is 0 Å². The van der Waals surface area contributed by atoms with E-state index in [4.69, 9.17) is 35.3 Å². The number of nitrogens with zero attached hydrogens (tertiary/aromatic N) is 3. The number of likely N-dealkylation sites (tertiary alicyclic amines) is 3. The van der Waals surface area contributed by atoms with Gasteiger partial charge in [-0.3, -0.25) is 14.4 Å². The smallest absolute Gasteiger partial charge is 0.246 e. The Hall–Kier alpha value is -6.20. The summed E-state index contributed by atoms with van der Waals surface area (Å²) >= 11 is 6.65. The van der Waals surface area contributed by atoms with Crippen LogP contribution in [0.3, 0.4) is 0 Å². The van der Waals surface area contributed by atoms with Crippen molar-refractivity contribution >= 4 is 41.5 Å². The highest BCUT2D eigenvalue weighted by atomic mass is 35.5. The van der Waals surface area contributed by atoms with Gasteiger partial charge in [0, 0.05) is 102 Å². The number of carbonyl (C=O) groups excluding carboxylic acids is 3. The first-order chi connectivity index (χ1) is 30.2. The minimum Gasteiger partial charge on any atom is -0.497 e. The molecular formula is C50H54ClN3O8. The molecule has 324 valence electrons. The Bertz CT molecular complexity index is 2250. The van der Waals surface area contributed by atoms with E-state index in [1.807, 2.05) is 76.5 Å². The Morgan fingerprint density at radius 2 is 1.11 bits per heavy atom. The largest absolute Gasteiger partial charge is 0.497 e. The van der Waals surface area contributed by atoms with Crippen molar-refractivity contribution in [3.8, 4) is 39.9 Å². The second kappa shape index (κ2) is 21.1. The van der Waals surface area contributed by atoms with Gasteiger partial charge >= 0.3 is 0 Å². The zero-order valence-electron chi connectivity index (χ0n) is 35.4. The van der Waals surface area contributed by atoms with Crippen molar-refractivity contribution in [2.75, 3.05) is 53.5 Å². The van der Waals surface area contributed by atoms with Crippen LogP contribution in [0.15, 0.2) is 110 Å². The zero-order valence-corrected chi connectivity index (χ0v) is 36.1. The number of piperidine rings is 3. The number of ether oxygens (including phenoxy) is 5. The maximum Gasteiger partial charge on any atom is 0.246 e. The second-order valence-electron chi connectivity index (χ2n) is 15.6. The summed E-state index contributed by atoms with van der Waals surface area (Å²) in [6.45, 7) is 7.16. The van der Waals surface area contributed by atoms with Gasteiger partial charge in [-0.1, -0.05) is 48.5 Å². The summed E-state index contributed by atoms with van der Waals surface area (Å²) in [6.07, 6.45) is 12.3. The molecule has 3 aliphatic rings. The molecule has 0 aromatic heterocycles. The average molecular weight is 860 g/mol. The Labute approximate surface area is 369 Å². The summed E-state index contributed by atoms with van der Waals surface area (Å²) in [5.74, 6) is 3.31. The third-order valence-electron chi connectivity index (χ3n) is 11.6. The lowest BCUT2D eigenvalue weighted by atomic mass is 10.0. The quantitative estimate of drug-likeness (QED) is 0.116. The zero-order chi connectivity index (χ0) is 43.4. The Balaban J connectivity index is 0.824. The van der Waals surface area contributed by atoms with Crippen LogP contribution in [-0.4, -0.2) is 104 Å². The number of hydrogen-bond acceptors (Lipinski definition) is 8. The van der Waals surface area contributed by atoms with Gasteiger partial charge in [0.25, 0.3) is 0 Å². The van der Waals surface area contributed by atoms with Crippen LogP contribution in [0.25, 0.3) is 23.3 Å². The molecule has 3 saturated heterocycles. The predicted octanol–water partition coefficient (Wildman–Crippen LogP) is 8.75. The van der Waals surface area contributed by atoms with Crippen LogP contribution in [0.5, 0.6) is 28.7 Å². The summed E-state index contributed by atoms with van der Waals surface area (Å²) in [5.41, 5.74) is 3.73. The lowest BCUT2D eigenvalue weighted by Crippen LogP contribution is -2.41. The molecule has 0 unspecified atom stereocenters. The fraction of sp³-hybridized carbons (Fsp3) is 0.340. The van der Waals surface area contributed by atoms with Crippen LogP contribution in [-0.2, 0) is 14.4 Å². The molecule has 7 rings (SSSR count). The first-order valence-electron chi connectivity index (χ1n) is 21.3. The summed E-state index contributed by atoms with van der Waals surface area (Å²) in [6, 6.07) is 27.1. The average Bonchev–Trinajstić information content (AvgIpc) is 3.31. The summed E-state index contributed by atoms with van der Waals surface area (Å²) in [5, 5.41) is 0.464. The third-order valence-corrected chi connectivity index (χ3v) is 11.9. The highest BCUT2D eigenvalue weighted by Crippen LogP contribution is 2.32. The first kappa shape index (κ1) is 43.9. The number of hydrogen-bond donors (Lipinski definition) is 0. The van der Waals surface area contributed by atoms with Gasteiger partial charge in [0.2, 0.25) is 17.7 Å². The molecule has 0 N–H and O–H groups in total. The monoisotopic (exact) mass is 859 g/mol. The van der Waals surface area contributed by atoms with Gasteiger partial charge in [0.15, 0.2) is 0 Å². The maximum atomic E-state index is 13.1. The van der Waals surface area contributed by atoms with E-state index in [0.29, 0.717) is 74.4 Å². The predicted molar refractivity (Wildman–Crippen MR) is 242 cm³/mol. The minimum absolute atomic E-state index is 0.00306. The topological polar surface area (TPSA) is 107 Å². The standard InChI is InChI=1S/C50H54ClN3O8/c1-4-48(55)52-26-20-41(21-27-52)61-44-16-12-37(47(34-44)59-3)13-19-50(57)54-30-24-42(25-31-54)62-46-17-8-35(32-45(46)51)9-18-49(56)53-28-22-40(23-29-53)60-43-7-5-6-38(33-43)36-10-14-39(58-2)15-11-36/h4-19,32-34,40-42H,1,20-31H2,2-3H3/b18-9+,19-13+. The van der Waals surface area contributed by atoms with E-state index in [1.54, 1.807) is 49.5 Å². The summed E-state index contributed by atoms with van der Waals surface area (Å²) < 4.78 is 29.7. The van der Waals surface area contributed by atoms with Crippen LogP contribution in [0.2, 0.25) is 5.02 Å². The van der Waals surface area contributed by atoms with Gasteiger partial charge in [-0.05, 0) is 83.4 Å². The number of methoxy groups -OCH3 is 2. The highest BCUT2D eigenvalue weighted by molar-refractivity contribution is 6.32. The van der Waals surface area contributed by atoms with Crippen LogP contribution in [0.4, 0.5) is 0 Å². The molecule has 3 aliphatic heterocycles. The molecule has 0 saturated carbocycles. The first-order valence-corrected chi connectivity index (χ1v) is 21.6.